The second-order valence-electron chi connectivity index (χ2n) is 5.95. The third-order valence-electron chi connectivity index (χ3n) is 3.91. The number of primary amides is 1. The lowest BCUT2D eigenvalue weighted by Crippen LogP contribution is -2.38. The van der Waals surface area contributed by atoms with Crippen molar-refractivity contribution in [3.63, 3.8) is 0 Å². The van der Waals surface area contributed by atoms with Crippen molar-refractivity contribution < 1.29 is 9.90 Å². The average molecular weight is 306 g/mol. The van der Waals surface area contributed by atoms with Gasteiger partial charge < -0.3 is 16.6 Å². The summed E-state index contributed by atoms with van der Waals surface area (Å²) in [6, 6.07) is 8.44. The van der Waals surface area contributed by atoms with Crippen LogP contribution in [0.15, 0.2) is 24.3 Å². The SMILES string of the molecule is NCCc1ccc(CN2CCN(CC(N)=O)C[C@H](O)C2)cc1. The highest BCUT2D eigenvalue weighted by molar-refractivity contribution is 5.75. The predicted octanol–water partition coefficient (Wildman–Crippen LogP) is -0.848. The van der Waals surface area contributed by atoms with Crippen molar-refractivity contribution in [3.8, 4) is 0 Å². The average Bonchev–Trinajstić information content (AvgIpc) is 2.62. The van der Waals surface area contributed by atoms with Crippen molar-refractivity contribution in [2.24, 2.45) is 11.5 Å². The summed E-state index contributed by atoms with van der Waals surface area (Å²) < 4.78 is 0. The van der Waals surface area contributed by atoms with Crippen LogP contribution in [0.3, 0.4) is 0 Å². The van der Waals surface area contributed by atoms with Crippen LogP contribution in [0, 0.1) is 0 Å². The first-order valence-corrected chi connectivity index (χ1v) is 7.76. The topological polar surface area (TPSA) is 95.8 Å². The van der Waals surface area contributed by atoms with Gasteiger partial charge in [0.1, 0.15) is 0 Å². The largest absolute Gasteiger partial charge is 0.390 e. The molecule has 1 heterocycles. The molecule has 1 aliphatic heterocycles. The van der Waals surface area contributed by atoms with Gasteiger partial charge in [0.15, 0.2) is 0 Å². The van der Waals surface area contributed by atoms with Crippen LogP contribution < -0.4 is 11.5 Å². The third kappa shape index (κ3) is 5.38. The summed E-state index contributed by atoms with van der Waals surface area (Å²) in [5.41, 5.74) is 13.3. The van der Waals surface area contributed by atoms with E-state index in [0.29, 0.717) is 19.6 Å². The molecule has 0 saturated carbocycles. The molecule has 1 aliphatic rings. The lowest BCUT2D eigenvalue weighted by molar-refractivity contribution is -0.119. The van der Waals surface area contributed by atoms with Gasteiger partial charge in [0.05, 0.1) is 12.6 Å². The van der Waals surface area contributed by atoms with E-state index in [1.54, 1.807) is 0 Å². The quantitative estimate of drug-likeness (QED) is 0.636. The van der Waals surface area contributed by atoms with Crippen LogP contribution in [-0.4, -0.2) is 66.2 Å². The number of amides is 1. The zero-order valence-corrected chi connectivity index (χ0v) is 12.9. The van der Waals surface area contributed by atoms with Crippen LogP contribution in [0.25, 0.3) is 0 Å². The van der Waals surface area contributed by atoms with Crippen LogP contribution >= 0.6 is 0 Å². The summed E-state index contributed by atoms with van der Waals surface area (Å²) in [6.45, 7) is 4.32. The summed E-state index contributed by atoms with van der Waals surface area (Å²) in [4.78, 5) is 15.1. The Morgan fingerprint density at radius 2 is 1.73 bits per heavy atom. The Hall–Kier alpha value is -1.47. The molecule has 122 valence electrons. The smallest absolute Gasteiger partial charge is 0.231 e. The molecule has 1 saturated heterocycles. The minimum absolute atomic E-state index is 0.207. The van der Waals surface area contributed by atoms with E-state index in [2.05, 4.69) is 29.2 Å². The number of carbonyl (C=O) groups is 1. The number of benzene rings is 1. The Kier molecular flexibility index (Phi) is 6.33. The fraction of sp³-hybridized carbons (Fsp3) is 0.562. The number of β-amino-alcohol motifs (C(OH)–C–C–N with tert-alkyl or cyclic N) is 1. The Morgan fingerprint density at radius 1 is 1.14 bits per heavy atom. The van der Waals surface area contributed by atoms with E-state index in [1.165, 1.54) is 11.1 Å². The number of hydrogen-bond donors (Lipinski definition) is 3. The maximum absolute atomic E-state index is 11.0. The second kappa shape index (κ2) is 8.24. The van der Waals surface area contributed by atoms with Crippen molar-refractivity contribution >= 4 is 5.91 Å². The lowest BCUT2D eigenvalue weighted by atomic mass is 10.1. The number of aliphatic hydroxyl groups excluding tert-OH is 1. The van der Waals surface area contributed by atoms with Gasteiger partial charge in [-0.05, 0) is 24.1 Å². The Balaban J connectivity index is 1.90. The number of hydrogen-bond acceptors (Lipinski definition) is 5. The van der Waals surface area contributed by atoms with E-state index >= 15 is 0 Å². The van der Waals surface area contributed by atoms with Crippen molar-refractivity contribution in [1.29, 1.82) is 0 Å². The molecule has 6 nitrogen and oxygen atoms in total. The highest BCUT2D eigenvalue weighted by Crippen LogP contribution is 2.11. The minimum Gasteiger partial charge on any atom is -0.390 e. The van der Waals surface area contributed by atoms with Gasteiger partial charge >= 0.3 is 0 Å². The van der Waals surface area contributed by atoms with E-state index in [9.17, 15) is 9.90 Å². The van der Waals surface area contributed by atoms with Gasteiger partial charge in [-0.2, -0.15) is 0 Å². The molecule has 1 fully saturated rings. The first-order chi connectivity index (χ1) is 10.6. The standard InChI is InChI=1S/C16H26N4O2/c17-6-5-13-1-3-14(4-2-13)9-19-7-8-20(12-16(18)22)11-15(21)10-19/h1-4,15,21H,5-12,17H2,(H2,18,22)/t15-/m1/s1. The first-order valence-electron chi connectivity index (χ1n) is 7.76. The van der Waals surface area contributed by atoms with Gasteiger partial charge in [0.25, 0.3) is 0 Å². The minimum atomic E-state index is -0.460. The molecule has 1 amide bonds. The molecule has 0 aliphatic carbocycles. The van der Waals surface area contributed by atoms with Crippen LogP contribution in [0.5, 0.6) is 0 Å². The third-order valence-corrected chi connectivity index (χ3v) is 3.91. The molecule has 0 bridgehead atoms. The van der Waals surface area contributed by atoms with Gasteiger partial charge in [-0.15, -0.1) is 0 Å². The number of nitrogens with zero attached hydrogens (tertiary/aromatic N) is 2. The molecule has 6 heteroatoms. The Bertz CT molecular complexity index is 478. The summed E-state index contributed by atoms with van der Waals surface area (Å²) >= 11 is 0. The summed E-state index contributed by atoms with van der Waals surface area (Å²) in [7, 11) is 0. The van der Waals surface area contributed by atoms with Crippen LogP contribution in [-0.2, 0) is 17.8 Å². The molecule has 5 N–H and O–H groups in total. The van der Waals surface area contributed by atoms with E-state index < -0.39 is 6.10 Å². The maximum Gasteiger partial charge on any atom is 0.231 e. The number of aliphatic hydroxyl groups is 1. The van der Waals surface area contributed by atoms with E-state index in [0.717, 1.165) is 26.1 Å². The van der Waals surface area contributed by atoms with E-state index in [-0.39, 0.29) is 12.5 Å². The summed E-state index contributed by atoms with van der Waals surface area (Å²) in [5, 5.41) is 10.1. The van der Waals surface area contributed by atoms with Gasteiger partial charge in [0.2, 0.25) is 5.91 Å². The van der Waals surface area contributed by atoms with Gasteiger partial charge in [-0.1, -0.05) is 24.3 Å². The molecule has 22 heavy (non-hydrogen) atoms. The zero-order valence-electron chi connectivity index (χ0n) is 12.9. The van der Waals surface area contributed by atoms with Crippen molar-refractivity contribution in [1.82, 2.24) is 9.80 Å². The fourth-order valence-electron chi connectivity index (χ4n) is 2.86. The highest BCUT2D eigenvalue weighted by atomic mass is 16.3. The lowest BCUT2D eigenvalue weighted by Gasteiger charge is -2.21. The highest BCUT2D eigenvalue weighted by Gasteiger charge is 2.22. The zero-order chi connectivity index (χ0) is 15.9. The van der Waals surface area contributed by atoms with E-state index in [1.807, 2.05) is 4.90 Å². The number of carbonyl (C=O) groups excluding carboxylic acids is 1. The number of nitrogens with two attached hydrogens (primary N) is 2. The van der Waals surface area contributed by atoms with Gasteiger partial charge in [-0.25, -0.2) is 0 Å². The maximum atomic E-state index is 11.0. The van der Waals surface area contributed by atoms with Crippen LogP contribution in [0.4, 0.5) is 0 Å². The summed E-state index contributed by atoms with van der Waals surface area (Å²) in [6.07, 6.45) is 0.434. The Labute approximate surface area is 131 Å². The van der Waals surface area contributed by atoms with Crippen LogP contribution in [0.1, 0.15) is 11.1 Å². The molecule has 1 aromatic carbocycles. The first kappa shape index (κ1) is 16.9. The predicted molar refractivity (Wildman–Crippen MR) is 86.1 cm³/mol. The molecule has 2 rings (SSSR count). The molecule has 1 aromatic rings. The normalized spacial score (nSPS) is 20.7. The molecule has 0 aromatic heterocycles. The second-order valence-corrected chi connectivity index (χ2v) is 5.95. The monoisotopic (exact) mass is 306 g/mol. The molecule has 0 spiro atoms. The van der Waals surface area contributed by atoms with Gasteiger partial charge in [-0.3, -0.25) is 14.6 Å². The fourth-order valence-corrected chi connectivity index (χ4v) is 2.86. The molecule has 0 unspecified atom stereocenters. The van der Waals surface area contributed by atoms with Crippen molar-refractivity contribution in [3.05, 3.63) is 35.4 Å². The summed E-state index contributed by atoms with van der Waals surface area (Å²) in [5.74, 6) is -0.351. The van der Waals surface area contributed by atoms with Gasteiger partial charge in [0, 0.05) is 32.7 Å². The molecule has 1 atom stereocenters. The molecular formula is C16H26N4O2. The van der Waals surface area contributed by atoms with Crippen molar-refractivity contribution in [2.45, 2.75) is 19.1 Å². The Morgan fingerprint density at radius 3 is 2.36 bits per heavy atom. The van der Waals surface area contributed by atoms with E-state index in [4.69, 9.17) is 11.5 Å². The van der Waals surface area contributed by atoms with Crippen LogP contribution in [0.2, 0.25) is 0 Å². The molecule has 0 radical (unpaired) electrons. The number of rotatable bonds is 6. The van der Waals surface area contributed by atoms with Crippen molar-refractivity contribution in [2.75, 3.05) is 39.3 Å². The molecular weight excluding hydrogens is 280 g/mol.